The lowest BCUT2D eigenvalue weighted by molar-refractivity contribution is -0.164. The van der Waals surface area contributed by atoms with Crippen molar-refractivity contribution in [1.82, 2.24) is 0 Å². The number of carbonyl (C=O) groups excluding carboxylic acids is 1. The maximum atomic E-state index is 13.8. The number of hydrogen-bond donors (Lipinski definition) is 0. The molecule has 1 fully saturated rings. The third-order valence-corrected chi connectivity index (χ3v) is 3.27. The van der Waals surface area contributed by atoms with Crippen LogP contribution in [0.2, 0.25) is 0 Å². The van der Waals surface area contributed by atoms with Crippen LogP contribution in [0.5, 0.6) is 5.75 Å². The maximum absolute atomic E-state index is 13.8. The number of amides is 1. The zero-order valence-electron chi connectivity index (χ0n) is 10.5. The minimum Gasteiger partial charge on any atom is -0.497 e. The molecule has 1 amide bonds. The molecule has 20 heavy (non-hydrogen) atoms. The van der Waals surface area contributed by atoms with Crippen LogP contribution in [0.15, 0.2) is 47.1 Å². The summed E-state index contributed by atoms with van der Waals surface area (Å²) in [5.41, 5.74) is 0.378. The van der Waals surface area contributed by atoms with E-state index in [2.05, 4.69) is 0 Å². The van der Waals surface area contributed by atoms with Crippen LogP contribution in [-0.4, -0.2) is 18.9 Å². The van der Waals surface area contributed by atoms with Gasteiger partial charge in [0.2, 0.25) is 0 Å². The summed E-state index contributed by atoms with van der Waals surface area (Å²) in [4.78, 5) is 12.7. The molecule has 1 atom stereocenters. The van der Waals surface area contributed by atoms with Gasteiger partial charge in [-0.2, -0.15) is 8.78 Å². The average molecular weight is 279 g/mol. The highest BCUT2D eigenvalue weighted by molar-refractivity contribution is 6.07. The second-order valence-electron chi connectivity index (χ2n) is 4.41. The summed E-state index contributed by atoms with van der Waals surface area (Å²) in [6.45, 7) is 0. The highest BCUT2D eigenvalue weighted by atomic mass is 19.3. The zero-order chi connectivity index (χ0) is 14.3. The molecule has 1 aromatic heterocycles. The van der Waals surface area contributed by atoms with E-state index in [-0.39, 0.29) is 5.76 Å². The Bertz CT molecular complexity index is 622. The molecule has 0 saturated carbocycles. The summed E-state index contributed by atoms with van der Waals surface area (Å²) in [7, 11) is 1.50. The van der Waals surface area contributed by atoms with Gasteiger partial charge in [-0.15, -0.1) is 0 Å². The van der Waals surface area contributed by atoms with Crippen molar-refractivity contribution >= 4 is 11.6 Å². The van der Waals surface area contributed by atoms with E-state index < -0.39 is 17.9 Å². The number of benzene rings is 1. The Morgan fingerprint density at radius 1 is 1.25 bits per heavy atom. The van der Waals surface area contributed by atoms with E-state index in [0.717, 1.165) is 4.90 Å². The van der Waals surface area contributed by atoms with E-state index in [0.29, 0.717) is 11.4 Å². The third kappa shape index (κ3) is 1.68. The van der Waals surface area contributed by atoms with Gasteiger partial charge >= 0.3 is 11.8 Å². The number of methoxy groups -OCH3 is 1. The second kappa shape index (κ2) is 4.33. The lowest BCUT2D eigenvalue weighted by Crippen LogP contribution is -2.64. The first-order chi connectivity index (χ1) is 9.55. The van der Waals surface area contributed by atoms with E-state index in [1.807, 2.05) is 0 Å². The summed E-state index contributed by atoms with van der Waals surface area (Å²) >= 11 is 0. The minimum atomic E-state index is -3.45. The maximum Gasteiger partial charge on any atom is 0.352 e. The summed E-state index contributed by atoms with van der Waals surface area (Å²) < 4.78 is 37.5. The van der Waals surface area contributed by atoms with Crippen molar-refractivity contribution < 1.29 is 22.7 Å². The van der Waals surface area contributed by atoms with Crippen molar-refractivity contribution in [3.05, 3.63) is 48.4 Å². The fourth-order valence-corrected chi connectivity index (χ4v) is 2.25. The molecule has 0 spiro atoms. The van der Waals surface area contributed by atoms with Crippen molar-refractivity contribution in [2.24, 2.45) is 0 Å². The van der Waals surface area contributed by atoms with Gasteiger partial charge in [-0.3, -0.25) is 9.69 Å². The van der Waals surface area contributed by atoms with Gasteiger partial charge in [0.05, 0.1) is 13.4 Å². The molecule has 1 aliphatic rings. The molecule has 3 rings (SSSR count). The Kier molecular flexibility index (Phi) is 2.74. The summed E-state index contributed by atoms with van der Waals surface area (Å²) in [5.74, 6) is -4.03. The van der Waals surface area contributed by atoms with Crippen molar-refractivity contribution in [2.45, 2.75) is 12.0 Å². The number of β-lactam (4-membered cyclic amide) rings is 1. The quantitative estimate of drug-likeness (QED) is 0.811. The molecule has 0 unspecified atom stereocenters. The van der Waals surface area contributed by atoms with Gasteiger partial charge in [0.1, 0.15) is 11.5 Å². The Hall–Kier alpha value is -2.37. The van der Waals surface area contributed by atoms with Crippen LogP contribution >= 0.6 is 0 Å². The molecule has 0 bridgehead atoms. The van der Waals surface area contributed by atoms with Gasteiger partial charge in [-0.25, -0.2) is 0 Å². The number of alkyl halides is 2. The van der Waals surface area contributed by atoms with Crippen LogP contribution in [0, 0.1) is 0 Å². The van der Waals surface area contributed by atoms with Crippen LogP contribution in [0.25, 0.3) is 0 Å². The molecule has 104 valence electrons. The lowest BCUT2D eigenvalue weighted by atomic mass is 9.93. The number of ether oxygens (including phenoxy) is 1. The Balaban J connectivity index is 1.97. The monoisotopic (exact) mass is 279 g/mol. The Morgan fingerprint density at radius 3 is 2.50 bits per heavy atom. The number of nitrogens with zero attached hydrogens (tertiary/aromatic N) is 1. The lowest BCUT2D eigenvalue weighted by Gasteiger charge is -2.45. The number of carbonyl (C=O) groups is 1. The summed E-state index contributed by atoms with van der Waals surface area (Å²) in [6.07, 6.45) is 1.31. The topological polar surface area (TPSA) is 42.7 Å². The van der Waals surface area contributed by atoms with Crippen molar-refractivity contribution in [1.29, 1.82) is 0 Å². The first-order valence-corrected chi connectivity index (χ1v) is 5.94. The standard InChI is InChI=1S/C14H11F2NO3/c1-19-10-6-4-9(5-7-10)17-12(11-3-2-8-20-11)14(15,16)13(17)18/h2-8,12H,1H3/t12-/m1/s1. The zero-order valence-corrected chi connectivity index (χ0v) is 10.5. The van der Waals surface area contributed by atoms with E-state index in [4.69, 9.17) is 9.15 Å². The number of furan rings is 1. The van der Waals surface area contributed by atoms with Gasteiger partial charge in [0.25, 0.3) is 0 Å². The molecule has 1 saturated heterocycles. The Labute approximate surface area is 113 Å². The molecule has 4 nitrogen and oxygen atoms in total. The fourth-order valence-electron chi connectivity index (χ4n) is 2.25. The third-order valence-electron chi connectivity index (χ3n) is 3.27. The van der Waals surface area contributed by atoms with Crippen molar-refractivity contribution in [3.63, 3.8) is 0 Å². The number of rotatable bonds is 3. The highest BCUT2D eigenvalue weighted by Crippen LogP contribution is 2.49. The first kappa shape index (κ1) is 12.7. The van der Waals surface area contributed by atoms with E-state index in [9.17, 15) is 13.6 Å². The molecule has 2 heterocycles. The van der Waals surface area contributed by atoms with E-state index in [1.165, 1.54) is 25.5 Å². The molecular weight excluding hydrogens is 268 g/mol. The van der Waals surface area contributed by atoms with Crippen LogP contribution in [0.4, 0.5) is 14.5 Å². The van der Waals surface area contributed by atoms with E-state index >= 15 is 0 Å². The van der Waals surface area contributed by atoms with Crippen LogP contribution in [0.3, 0.4) is 0 Å². The number of anilines is 1. The van der Waals surface area contributed by atoms with Gasteiger partial charge in [-0.05, 0) is 36.4 Å². The first-order valence-electron chi connectivity index (χ1n) is 5.94. The molecule has 6 heteroatoms. The van der Waals surface area contributed by atoms with Gasteiger partial charge in [0, 0.05) is 5.69 Å². The predicted octanol–water partition coefficient (Wildman–Crippen LogP) is 3.01. The van der Waals surface area contributed by atoms with E-state index in [1.54, 1.807) is 24.3 Å². The van der Waals surface area contributed by atoms with Gasteiger partial charge in [0.15, 0.2) is 6.04 Å². The van der Waals surface area contributed by atoms with Crippen LogP contribution in [-0.2, 0) is 4.79 Å². The Morgan fingerprint density at radius 2 is 1.95 bits per heavy atom. The predicted molar refractivity (Wildman–Crippen MR) is 66.9 cm³/mol. The van der Waals surface area contributed by atoms with Gasteiger partial charge in [-0.1, -0.05) is 0 Å². The second-order valence-corrected chi connectivity index (χ2v) is 4.41. The normalized spacial score (nSPS) is 20.6. The molecule has 0 aliphatic carbocycles. The molecular formula is C14H11F2NO3. The average Bonchev–Trinajstić information content (AvgIpc) is 2.97. The van der Waals surface area contributed by atoms with Crippen LogP contribution in [0.1, 0.15) is 11.8 Å². The molecule has 1 aromatic carbocycles. The molecule has 2 aromatic rings. The highest BCUT2D eigenvalue weighted by Gasteiger charge is 2.66. The summed E-state index contributed by atoms with van der Waals surface area (Å²) in [6, 6.07) is 7.88. The van der Waals surface area contributed by atoms with Crippen LogP contribution < -0.4 is 9.64 Å². The van der Waals surface area contributed by atoms with Crippen molar-refractivity contribution in [2.75, 3.05) is 12.0 Å². The summed E-state index contributed by atoms with van der Waals surface area (Å²) in [5, 5.41) is 0. The minimum absolute atomic E-state index is 0.0606. The SMILES string of the molecule is COc1ccc(N2C(=O)C(F)(F)[C@H]2c2ccco2)cc1. The molecule has 1 aliphatic heterocycles. The fraction of sp³-hybridized carbons (Fsp3) is 0.214. The molecule has 0 radical (unpaired) electrons. The smallest absolute Gasteiger partial charge is 0.352 e. The van der Waals surface area contributed by atoms with Gasteiger partial charge < -0.3 is 9.15 Å². The number of hydrogen-bond acceptors (Lipinski definition) is 3. The largest absolute Gasteiger partial charge is 0.497 e. The molecule has 0 N–H and O–H groups in total. The number of halogens is 2. The van der Waals surface area contributed by atoms with Crippen molar-refractivity contribution in [3.8, 4) is 5.75 Å².